The van der Waals surface area contributed by atoms with Crippen molar-refractivity contribution in [3.63, 3.8) is 0 Å². The zero-order valence-electron chi connectivity index (χ0n) is 12.6. The van der Waals surface area contributed by atoms with Crippen molar-refractivity contribution in [2.45, 2.75) is 45.4 Å². The van der Waals surface area contributed by atoms with E-state index in [-0.39, 0.29) is 11.9 Å². The van der Waals surface area contributed by atoms with E-state index >= 15 is 0 Å². The fraction of sp³-hybridized carbons (Fsp3) is 0.625. The predicted molar refractivity (Wildman–Crippen MR) is 80.4 cm³/mol. The number of nitrogens with one attached hydrogen (secondary N) is 1. The van der Waals surface area contributed by atoms with Crippen molar-refractivity contribution in [1.82, 2.24) is 5.32 Å². The molecule has 0 heterocycles. The van der Waals surface area contributed by atoms with Gasteiger partial charge in [-0.2, -0.15) is 0 Å². The molecule has 1 aliphatic rings. The third-order valence-corrected chi connectivity index (χ3v) is 3.90. The van der Waals surface area contributed by atoms with Crippen molar-refractivity contribution in [1.29, 1.82) is 0 Å². The summed E-state index contributed by atoms with van der Waals surface area (Å²) in [6, 6.07) is 5.62. The van der Waals surface area contributed by atoms with Gasteiger partial charge in [0.2, 0.25) is 0 Å². The number of anilines is 1. The van der Waals surface area contributed by atoms with Gasteiger partial charge in [0.15, 0.2) is 0 Å². The standard InChI is InChI=1S/C16H25FN2O/c1-11(2)18-9-13-5-4-6-15(17)16(13)19(3)10-12-7-14(20)8-12/h4-6,11-12,14,18,20H,7-10H2,1-3H3. The maximum Gasteiger partial charge on any atom is 0.146 e. The van der Waals surface area contributed by atoms with Crippen molar-refractivity contribution < 1.29 is 9.50 Å². The summed E-state index contributed by atoms with van der Waals surface area (Å²) in [5, 5.41) is 12.7. The normalized spacial score (nSPS) is 21.9. The SMILES string of the molecule is CC(C)NCc1cccc(F)c1N(C)CC1CC(O)C1. The summed E-state index contributed by atoms with van der Waals surface area (Å²) >= 11 is 0. The fourth-order valence-corrected chi connectivity index (χ4v) is 2.77. The molecular formula is C16H25FN2O. The zero-order chi connectivity index (χ0) is 14.7. The lowest BCUT2D eigenvalue weighted by Gasteiger charge is -2.36. The number of hydrogen-bond donors (Lipinski definition) is 2. The molecule has 1 aromatic carbocycles. The highest BCUT2D eigenvalue weighted by atomic mass is 19.1. The number of benzene rings is 1. The third kappa shape index (κ3) is 3.70. The minimum absolute atomic E-state index is 0.156. The molecule has 0 radical (unpaired) electrons. The number of rotatable bonds is 6. The third-order valence-electron chi connectivity index (χ3n) is 3.90. The van der Waals surface area contributed by atoms with Crippen LogP contribution in [0.2, 0.25) is 0 Å². The minimum atomic E-state index is -0.171. The Hall–Kier alpha value is -1.13. The smallest absolute Gasteiger partial charge is 0.146 e. The minimum Gasteiger partial charge on any atom is -0.393 e. The molecular weight excluding hydrogens is 255 g/mol. The number of nitrogens with zero attached hydrogens (tertiary/aromatic N) is 1. The summed E-state index contributed by atoms with van der Waals surface area (Å²) in [4.78, 5) is 1.99. The molecule has 0 aromatic heterocycles. The first-order valence-electron chi connectivity index (χ1n) is 7.37. The van der Waals surface area contributed by atoms with E-state index in [2.05, 4.69) is 19.2 Å². The Morgan fingerprint density at radius 3 is 2.70 bits per heavy atom. The Morgan fingerprint density at radius 1 is 1.40 bits per heavy atom. The highest BCUT2D eigenvalue weighted by molar-refractivity contribution is 5.54. The van der Waals surface area contributed by atoms with Gasteiger partial charge in [-0.1, -0.05) is 26.0 Å². The average Bonchev–Trinajstić information content (AvgIpc) is 2.34. The van der Waals surface area contributed by atoms with Crippen LogP contribution in [0.15, 0.2) is 18.2 Å². The maximum atomic E-state index is 14.2. The molecule has 1 fully saturated rings. The van der Waals surface area contributed by atoms with Gasteiger partial charge in [0, 0.05) is 26.2 Å². The number of para-hydroxylation sites is 1. The van der Waals surface area contributed by atoms with E-state index in [0.717, 1.165) is 24.9 Å². The van der Waals surface area contributed by atoms with E-state index in [1.165, 1.54) is 6.07 Å². The van der Waals surface area contributed by atoms with E-state index < -0.39 is 0 Å². The summed E-state index contributed by atoms with van der Waals surface area (Å²) < 4.78 is 14.2. The Morgan fingerprint density at radius 2 is 2.10 bits per heavy atom. The van der Waals surface area contributed by atoms with Gasteiger partial charge in [0.25, 0.3) is 0 Å². The van der Waals surface area contributed by atoms with Gasteiger partial charge < -0.3 is 15.3 Å². The first kappa shape index (κ1) is 15.3. The number of aliphatic hydroxyl groups excluding tert-OH is 1. The van der Waals surface area contributed by atoms with Crippen LogP contribution >= 0.6 is 0 Å². The monoisotopic (exact) mass is 280 g/mol. The zero-order valence-corrected chi connectivity index (χ0v) is 12.6. The van der Waals surface area contributed by atoms with Gasteiger partial charge in [-0.3, -0.25) is 0 Å². The molecule has 0 saturated heterocycles. The molecule has 0 spiro atoms. The van der Waals surface area contributed by atoms with E-state index in [1.54, 1.807) is 6.07 Å². The van der Waals surface area contributed by atoms with Crippen molar-refractivity contribution in [2.75, 3.05) is 18.5 Å². The molecule has 0 unspecified atom stereocenters. The topological polar surface area (TPSA) is 35.5 Å². The average molecular weight is 280 g/mol. The van der Waals surface area contributed by atoms with Crippen LogP contribution in [-0.2, 0) is 6.54 Å². The number of halogens is 1. The highest BCUT2D eigenvalue weighted by Gasteiger charge is 2.29. The molecule has 0 bridgehead atoms. The van der Waals surface area contributed by atoms with Crippen LogP contribution in [-0.4, -0.2) is 30.8 Å². The lowest BCUT2D eigenvalue weighted by molar-refractivity contribution is 0.0464. The van der Waals surface area contributed by atoms with E-state index in [9.17, 15) is 9.50 Å². The van der Waals surface area contributed by atoms with Gasteiger partial charge in [0.1, 0.15) is 5.82 Å². The molecule has 2 rings (SSSR count). The van der Waals surface area contributed by atoms with Gasteiger partial charge in [-0.05, 0) is 30.4 Å². The van der Waals surface area contributed by atoms with Crippen molar-refractivity contribution in [3.05, 3.63) is 29.6 Å². The van der Waals surface area contributed by atoms with Crippen LogP contribution in [0.25, 0.3) is 0 Å². The molecule has 1 aromatic rings. The van der Waals surface area contributed by atoms with Crippen LogP contribution in [0.3, 0.4) is 0 Å². The molecule has 4 heteroatoms. The number of aliphatic hydroxyl groups is 1. The molecule has 20 heavy (non-hydrogen) atoms. The first-order valence-corrected chi connectivity index (χ1v) is 7.37. The molecule has 0 amide bonds. The molecule has 112 valence electrons. The van der Waals surface area contributed by atoms with Crippen molar-refractivity contribution in [3.8, 4) is 0 Å². The maximum absolute atomic E-state index is 14.2. The fourth-order valence-electron chi connectivity index (χ4n) is 2.77. The van der Waals surface area contributed by atoms with Crippen LogP contribution < -0.4 is 10.2 Å². The van der Waals surface area contributed by atoms with E-state index in [1.807, 2.05) is 18.0 Å². The second-order valence-electron chi connectivity index (χ2n) is 6.15. The van der Waals surface area contributed by atoms with Gasteiger partial charge in [-0.15, -0.1) is 0 Å². The Labute approximate surface area is 120 Å². The molecule has 0 atom stereocenters. The Kier molecular flexibility index (Phi) is 5.00. The van der Waals surface area contributed by atoms with Crippen LogP contribution in [0.1, 0.15) is 32.3 Å². The molecule has 2 N–H and O–H groups in total. The Balaban J connectivity index is 2.07. The first-order chi connectivity index (χ1) is 9.47. The van der Waals surface area contributed by atoms with Crippen molar-refractivity contribution >= 4 is 5.69 Å². The summed E-state index contributed by atoms with van der Waals surface area (Å²) in [5.74, 6) is 0.302. The Bertz CT molecular complexity index is 444. The lowest BCUT2D eigenvalue weighted by atomic mass is 9.82. The summed E-state index contributed by atoms with van der Waals surface area (Å²) in [7, 11) is 1.93. The molecule has 0 aliphatic heterocycles. The summed E-state index contributed by atoms with van der Waals surface area (Å²) in [5.41, 5.74) is 1.67. The van der Waals surface area contributed by atoms with Crippen LogP contribution in [0.5, 0.6) is 0 Å². The summed E-state index contributed by atoms with van der Waals surface area (Å²) in [6.07, 6.45) is 1.51. The molecule has 1 saturated carbocycles. The van der Waals surface area contributed by atoms with Gasteiger partial charge >= 0.3 is 0 Å². The number of hydrogen-bond acceptors (Lipinski definition) is 3. The highest BCUT2D eigenvalue weighted by Crippen LogP contribution is 2.31. The largest absolute Gasteiger partial charge is 0.393 e. The molecule has 3 nitrogen and oxygen atoms in total. The van der Waals surface area contributed by atoms with Crippen LogP contribution in [0.4, 0.5) is 10.1 Å². The second-order valence-corrected chi connectivity index (χ2v) is 6.15. The lowest BCUT2D eigenvalue weighted by Crippen LogP contribution is -2.38. The van der Waals surface area contributed by atoms with E-state index in [0.29, 0.717) is 24.2 Å². The quantitative estimate of drug-likeness (QED) is 0.840. The molecule has 1 aliphatic carbocycles. The van der Waals surface area contributed by atoms with Gasteiger partial charge in [0.05, 0.1) is 11.8 Å². The summed E-state index contributed by atoms with van der Waals surface area (Å²) in [6.45, 7) is 5.63. The van der Waals surface area contributed by atoms with Crippen molar-refractivity contribution in [2.24, 2.45) is 5.92 Å². The van der Waals surface area contributed by atoms with E-state index in [4.69, 9.17) is 0 Å². The van der Waals surface area contributed by atoms with Gasteiger partial charge in [-0.25, -0.2) is 4.39 Å². The predicted octanol–water partition coefficient (Wildman–Crippen LogP) is 2.53. The van der Waals surface area contributed by atoms with Crippen LogP contribution in [0, 0.1) is 11.7 Å². The second kappa shape index (κ2) is 6.55.